The maximum absolute atomic E-state index is 11.8. The third-order valence-electron chi connectivity index (χ3n) is 2.75. The van der Waals surface area contributed by atoms with Gasteiger partial charge in [0.25, 0.3) is 0 Å². The molecule has 0 aromatic carbocycles. The van der Waals surface area contributed by atoms with Gasteiger partial charge in [-0.1, -0.05) is 13.3 Å². The van der Waals surface area contributed by atoms with Gasteiger partial charge in [-0.2, -0.15) is 0 Å². The molecule has 0 unspecified atom stereocenters. The summed E-state index contributed by atoms with van der Waals surface area (Å²) in [4.78, 5) is 16.1. The summed E-state index contributed by atoms with van der Waals surface area (Å²) in [5.41, 5.74) is 1.57. The van der Waals surface area contributed by atoms with Crippen molar-refractivity contribution in [1.82, 2.24) is 4.98 Å². The Morgan fingerprint density at radius 1 is 1.56 bits per heavy atom. The standard InChI is InChI=1S/C13H17NO2/c1-2-3-9-16-13(15)11-5-4-8-14-12(11)10-6-7-10/h4-5,8,10H,2-3,6-7,9H2,1H3. The molecule has 16 heavy (non-hydrogen) atoms. The molecule has 1 heterocycles. The van der Waals surface area contributed by atoms with E-state index in [9.17, 15) is 4.79 Å². The molecule has 0 spiro atoms. The molecular formula is C13H17NO2. The van der Waals surface area contributed by atoms with Crippen LogP contribution in [0.3, 0.4) is 0 Å². The fourth-order valence-electron chi connectivity index (χ4n) is 1.66. The Bertz CT molecular complexity index is 372. The lowest BCUT2D eigenvalue weighted by Gasteiger charge is -2.07. The Balaban J connectivity index is 2.04. The van der Waals surface area contributed by atoms with Crippen LogP contribution in [0.15, 0.2) is 18.3 Å². The van der Waals surface area contributed by atoms with Crippen LogP contribution in [0.4, 0.5) is 0 Å². The van der Waals surface area contributed by atoms with Gasteiger partial charge in [-0.05, 0) is 31.4 Å². The molecule has 0 aliphatic heterocycles. The smallest absolute Gasteiger partial charge is 0.339 e. The van der Waals surface area contributed by atoms with Gasteiger partial charge in [0.05, 0.1) is 17.9 Å². The zero-order valence-electron chi connectivity index (χ0n) is 9.61. The minimum absolute atomic E-state index is 0.219. The lowest BCUT2D eigenvalue weighted by molar-refractivity contribution is 0.0498. The molecule has 1 aromatic heterocycles. The third kappa shape index (κ3) is 2.60. The molecule has 3 heteroatoms. The van der Waals surface area contributed by atoms with Crippen LogP contribution in [0.1, 0.15) is 54.6 Å². The van der Waals surface area contributed by atoms with E-state index in [1.165, 1.54) is 0 Å². The van der Waals surface area contributed by atoms with Crippen LogP contribution < -0.4 is 0 Å². The number of aromatic nitrogens is 1. The van der Waals surface area contributed by atoms with Crippen molar-refractivity contribution in [3.63, 3.8) is 0 Å². The number of unbranched alkanes of at least 4 members (excludes halogenated alkanes) is 1. The monoisotopic (exact) mass is 219 g/mol. The van der Waals surface area contributed by atoms with E-state index in [1.807, 2.05) is 6.07 Å². The first-order chi connectivity index (χ1) is 7.83. The molecule has 2 rings (SSSR count). The van der Waals surface area contributed by atoms with Crippen molar-refractivity contribution in [2.45, 2.75) is 38.5 Å². The maximum atomic E-state index is 11.8. The maximum Gasteiger partial charge on any atom is 0.339 e. The second kappa shape index (κ2) is 5.10. The average Bonchev–Trinajstić information content (AvgIpc) is 3.13. The number of nitrogens with zero attached hydrogens (tertiary/aromatic N) is 1. The molecule has 0 amide bonds. The highest BCUT2D eigenvalue weighted by Gasteiger charge is 2.29. The zero-order valence-corrected chi connectivity index (χ0v) is 9.61. The fraction of sp³-hybridized carbons (Fsp3) is 0.538. The van der Waals surface area contributed by atoms with Crippen LogP contribution in [-0.4, -0.2) is 17.6 Å². The second-order valence-electron chi connectivity index (χ2n) is 4.20. The molecule has 0 N–H and O–H groups in total. The zero-order chi connectivity index (χ0) is 11.4. The minimum Gasteiger partial charge on any atom is -0.462 e. The molecule has 0 saturated heterocycles. The SMILES string of the molecule is CCCCOC(=O)c1cccnc1C1CC1. The summed E-state index contributed by atoms with van der Waals surface area (Å²) in [5, 5.41) is 0. The summed E-state index contributed by atoms with van der Waals surface area (Å²) in [6, 6.07) is 3.61. The molecule has 0 radical (unpaired) electrons. The van der Waals surface area contributed by atoms with Crippen LogP contribution in [0.5, 0.6) is 0 Å². The number of carbonyl (C=O) groups excluding carboxylic acids is 1. The summed E-state index contributed by atoms with van der Waals surface area (Å²) in [6.07, 6.45) is 6.00. The number of esters is 1. The molecule has 86 valence electrons. The summed E-state index contributed by atoms with van der Waals surface area (Å²) in [6.45, 7) is 2.59. The lowest BCUT2D eigenvalue weighted by Crippen LogP contribution is -2.10. The first-order valence-electron chi connectivity index (χ1n) is 5.95. The normalized spacial score (nSPS) is 14.8. The van der Waals surface area contributed by atoms with Gasteiger partial charge in [0, 0.05) is 12.1 Å². The van der Waals surface area contributed by atoms with E-state index >= 15 is 0 Å². The summed E-state index contributed by atoms with van der Waals surface area (Å²) < 4.78 is 5.21. The topological polar surface area (TPSA) is 39.2 Å². The number of ether oxygens (including phenoxy) is 1. The van der Waals surface area contributed by atoms with Gasteiger partial charge >= 0.3 is 5.97 Å². The van der Waals surface area contributed by atoms with Crippen molar-refractivity contribution in [2.24, 2.45) is 0 Å². The van der Waals surface area contributed by atoms with E-state index in [4.69, 9.17) is 4.74 Å². The van der Waals surface area contributed by atoms with Crippen LogP contribution in [0.2, 0.25) is 0 Å². The Morgan fingerprint density at radius 3 is 3.06 bits per heavy atom. The van der Waals surface area contributed by atoms with Crippen LogP contribution >= 0.6 is 0 Å². The molecule has 0 atom stereocenters. The Labute approximate surface area is 95.8 Å². The van der Waals surface area contributed by atoms with Gasteiger partial charge in [-0.15, -0.1) is 0 Å². The predicted octanol–water partition coefficient (Wildman–Crippen LogP) is 2.92. The predicted molar refractivity (Wildman–Crippen MR) is 61.4 cm³/mol. The van der Waals surface area contributed by atoms with Crippen molar-refractivity contribution in [3.05, 3.63) is 29.6 Å². The first kappa shape index (κ1) is 11.1. The fourth-order valence-corrected chi connectivity index (χ4v) is 1.66. The van der Waals surface area contributed by atoms with Gasteiger partial charge in [0.1, 0.15) is 0 Å². The molecule has 1 fully saturated rings. The Kier molecular flexibility index (Phi) is 3.54. The highest BCUT2D eigenvalue weighted by molar-refractivity contribution is 5.90. The third-order valence-corrected chi connectivity index (χ3v) is 2.75. The summed E-state index contributed by atoms with van der Waals surface area (Å²) >= 11 is 0. The Morgan fingerprint density at radius 2 is 2.38 bits per heavy atom. The minimum atomic E-state index is -0.219. The van der Waals surface area contributed by atoms with Crippen molar-refractivity contribution in [1.29, 1.82) is 0 Å². The van der Waals surface area contributed by atoms with E-state index < -0.39 is 0 Å². The van der Waals surface area contributed by atoms with E-state index in [0.717, 1.165) is 31.4 Å². The highest BCUT2D eigenvalue weighted by Crippen LogP contribution is 2.40. The largest absolute Gasteiger partial charge is 0.462 e. The number of carbonyl (C=O) groups is 1. The van der Waals surface area contributed by atoms with Crippen molar-refractivity contribution in [3.8, 4) is 0 Å². The van der Waals surface area contributed by atoms with E-state index in [0.29, 0.717) is 18.1 Å². The van der Waals surface area contributed by atoms with Crippen LogP contribution in [0, 0.1) is 0 Å². The van der Waals surface area contributed by atoms with E-state index in [1.54, 1.807) is 12.3 Å². The number of pyridine rings is 1. The van der Waals surface area contributed by atoms with Gasteiger partial charge in [0.15, 0.2) is 0 Å². The first-order valence-corrected chi connectivity index (χ1v) is 5.95. The quantitative estimate of drug-likeness (QED) is 0.564. The molecular weight excluding hydrogens is 202 g/mol. The van der Waals surface area contributed by atoms with Crippen molar-refractivity contribution >= 4 is 5.97 Å². The van der Waals surface area contributed by atoms with Crippen molar-refractivity contribution < 1.29 is 9.53 Å². The van der Waals surface area contributed by atoms with Crippen molar-refractivity contribution in [2.75, 3.05) is 6.61 Å². The van der Waals surface area contributed by atoms with Gasteiger partial charge in [-0.25, -0.2) is 4.79 Å². The van der Waals surface area contributed by atoms with Crippen LogP contribution in [0.25, 0.3) is 0 Å². The van der Waals surface area contributed by atoms with Gasteiger partial charge in [-0.3, -0.25) is 4.98 Å². The van der Waals surface area contributed by atoms with Gasteiger partial charge in [0.2, 0.25) is 0 Å². The molecule has 1 aliphatic carbocycles. The molecule has 1 saturated carbocycles. The molecule has 3 nitrogen and oxygen atoms in total. The molecule has 1 aromatic rings. The molecule has 1 aliphatic rings. The molecule has 0 bridgehead atoms. The number of rotatable bonds is 5. The van der Waals surface area contributed by atoms with E-state index in [2.05, 4.69) is 11.9 Å². The average molecular weight is 219 g/mol. The van der Waals surface area contributed by atoms with Crippen LogP contribution in [-0.2, 0) is 4.74 Å². The number of hydrogen-bond donors (Lipinski definition) is 0. The highest BCUT2D eigenvalue weighted by atomic mass is 16.5. The Hall–Kier alpha value is -1.38. The number of hydrogen-bond acceptors (Lipinski definition) is 3. The van der Waals surface area contributed by atoms with Gasteiger partial charge < -0.3 is 4.74 Å². The van der Waals surface area contributed by atoms with E-state index in [-0.39, 0.29) is 5.97 Å². The summed E-state index contributed by atoms with van der Waals surface area (Å²) in [5.74, 6) is 0.262. The summed E-state index contributed by atoms with van der Waals surface area (Å²) in [7, 11) is 0. The second-order valence-corrected chi connectivity index (χ2v) is 4.20. The lowest BCUT2D eigenvalue weighted by atomic mass is 10.1.